The second-order valence-electron chi connectivity index (χ2n) is 9.09. The van der Waals surface area contributed by atoms with E-state index in [0.717, 1.165) is 0 Å². The van der Waals surface area contributed by atoms with E-state index in [2.05, 4.69) is 128 Å². The van der Waals surface area contributed by atoms with Crippen LogP contribution in [0, 0.1) is 11.8 Å². The number of benzene rings is 3. The molecular formula is C28H31Br. The minimum atomic E-state index is -0.149. The summed E-state index contributed by atoms with van der Waals surface area (Å²) in [6, 6.07) is 33.6. The summed E-state index contributed by atoms with van der Waals surface area (Å²) in [7, 11) is 0. The Kier molecular flexibility index (Phi) is 5.71. The standard InChI is InChI=1S/C28H31Br/c1-21(2)25-19-20-27(3,22-13-7-4-8-14-22)28(26(25)29,23-15-9-5-10-16-23)24-17-11-6-12-18-24/h4-18,21,25-26H,19-20H2,1-3H3. The molecule has 0 amide bonds. The van der Waals surface area contributed by atoms with Gasteiger partial charge in [0.15, 0.2) is 0 Å². The molecule has 0 aromatic heterocycles. The van der Waals surface area contributed by atoms with Crippen LogP contribution in [0.3, 0.4) is 0 Å². The van der Waals surface area contributed by atoms with Gasteiger partial charge in [-0.05, 0) is 41.4 Å². The van der Waals surface area contributed by atoms with Gasteiger partial charge >= 0.3 is 0 Å². The third-order valence-corrected chi connectivity index (χ3v) is 8.73. The maximum Gasteiger partial charge on any atom is 0.0424 e. The molecule has 0 N–H and O–H groups in total. The molecule has 3 aromatic carbocycles. The molecule has 150 valence electrons. The number of rotatable bonds is 4. The number of halogens is 1. The lowest BCUT2D eigenvalue weighted by Crippen LogP contribution is -2.59. The fourth-order valence-electron chi connectivity index (χ4n) is 5.80. The smallest absolute Gasteiger partial charge is 0.0424 e. The minimum absolute atomic E-state index is 0.0173. The highest BCUT2D eigenvalue weighted by Crippen LogP contribution is 2.61. The summed E-state index contributed by atoms with van der Waals surface area (Å²) in [5.41, 5.74) is 4.08. The lowest BCUT2D eigenvalue weighted by molar-refractivity contribution is 0.130. The molecule has 0 radical (unpaired) electrons. The van der Waals surface area contributed by atoms with Gasteiger partial charge in [0, 0.05) is 15.7 Å². The van der Waals surface area contributed by atoms with Crippen LogP contribution < -0.4 is 0 Å². The summed E-state index contributed by atoms with van der Waals surface area (Å²) < 4.78 is 0. The SMILES string of the molecule is CC(C)C1CCC(C)(c2ccccc2)C(c2ccccc2)(c2ccccc2)C1Br. The first-order valence-corrected chi connectivity index (χ1v) is 11.7. The highest BCUT2D eigenvalue weighted by Gasteiger charge is 2.59. The fourth-order valence-corrected chi connectivity index (χ4v) is 7.71. The third-order valence-electron chi connectivity index (χ3n) is 7.36. The first-order valence-electron chi connectivity index (χ1n) is 10.8. The van der Waals surface area contributed by atoms with Crippen molar-refractivity contribution in [2.45, 2.75) is 49.3 Å². The molecule has 0 nitrogen and oxygen atoms in total. The maximum absolute atomic E-state index is 4.33. The predicted molar refractivity (Wildman–Crippen MR) is 128 cm³/mol. The quantitative estimate of drug-likeness (QED) is 0.359. The van der Waals surface area contributed by atoms with Crippen LogP contribution in [0.25, 0.3) is 0 Å². The van der Waals surface area contributed by atoms with Gasteiger partial charge in [0.2, 0.25) is 0 Å². The first kappa shape index (κ1) is 20.4. The summed E-state index contributed by atoms with van der Waals surface area (Å²) in [5.74, 6) is 1.25. The summed E-state index contributed by atoms with van der Waals surface area (Å²) in [6.07, 6.45) is 2.41. The predicted octanol–water partition coefficient (Wildman–Crippen LogP) is 7.76. The normalized spacial score (nSPS) is 26.4. The molecule has 3 aromatic rings. The largest absolute Gasteiger partial charge is 0.0874 e. The van der Waals surface area contributed by atoms with Crippen molar-refractivity contribution in [2.24, 2.45) is 11.8 Å². The maximum atomic E-state index is 4.33. The van der Waals surface area contributed by atoms with Crippen molar-refractivity contribution in [3.05, 3.63) is 108 Å². The molecule has 1 aliphatic rings. The summed E-state index contributed by atoms with van der Waals surface area (Å²) >= 11 is 4.33. The Bertz CT molecular complexity index is 877. The fraction of sp³-hybridized carbons (Fsp3) is 0.357. The Hall–Kier alpha value is -1.86. The Morgan fingerprint density at radius 2 is 1.14 bits per heavy atom. The Labute approximate surface area is 184 Å². The van der Waals surface area contributed by atoms with Gasteiger partial charge in [-0.1, -0.05) is 128 Å². The number of hydrogen-bond acceptors (Lipinski definition) is 0. The molecule has 0 aliphatic heterocycles. The van der Waals surface area contributed by atoms with Gasteiger partial charge in [0.25, 0.3) is 0 Å². The zero-order valence-corrected chi connectivity index (χ0v) is 19.3. The van der Waals surface area contributed by atoms with Crippen molar-refractivity contribution in [2.75, 3.05) is 0 Å². The van der Waals surface area contributed by atoms with Crippen molar-refractivity contribution in [1.29, 1.82) is 0 Å². The molecule has 3 unspecified atom stereocenters. The molecular weight excluding hydrogens is 416 g/mol. The highest BCUT2D eigenvalue weighted by atomic mass is 79.9. The Balaban J connectivity index is 2.08. The van der Waals surface area contributed by atoms with Crippen LogP contribution in [0.4, 0.5) is 0 Å². The van der Waals surface area contributed by atoms with E-state index < -0.39 is 0 Å². The summed E-state index contributed by atoms with van der Waals surface area (Å²) in [5, 5.41) is 0. The van der Waals surface area contributed by atoms with Crippen LogP contribution in [-0.4, -0.2) is 4.83 Å². The van der Waals surface area contributed by atoms with Crippen molar-refractivity contribution < 1.29 is 0 Å². The van der Waals surface area contributed by atoms with Crippen molar-refractivity contribution in [3.8, 4) is 0 Å². The summed E-state index contributed by atoms with van der Waals surface area (Å²) in [4.78, 5) is 0.346. The zero-order chi connectivity index (χ0) is 20.5. The van der Waals surface area contributed by atoms with Crippen LogP contribution in [0.2, 0.25) is 0 Å². The van der Waals surface area contributed by atoms with Crippen molar-refractivity contribution >= 4 is 15.9 Å². The van der Waals surface area contributed by atoms with E-state index in [-0.39, 0.29) is 10.8 Å². The van der Waals surface area contributed by atoms with Crippen LogP contribution in [0.15, 0.2) is 91.0 Å². The van der Waals surface area contributed by atoms with Gasteiger partial charge in [-0.15, -0.1) is 0 Å². The lowest BCUT2D eigenvalue weighted by Gasteiger charge is -2.59. The average Bonchev–Trinajstić information content (AvgIpc) is 2.76. The van der Waals surface area contributed by atoms with Gasteiger partial charge in [0.05, 0.1) is 0 Å². The van der Waals surface area contributed by atoms with E-state index in [0.29, 0.717) is 16.7 Å². The molecule has 29 heavy (non-hydrogen) atoms. The van der Waals surface area contributed by atoms with E-state index in [1.165, 1.54) is 29.5 Å². The van der Waals surface area contributed by atoms with Crippen LogP contribution in [0.5, 0.6) is 0 Å². The number of hydrogen-bond donors (Lipinski definition) is 0. The van der Waals surface area contributed by atoms with Gasteiger partial charge in [-0.2, -0.15) is 0 Å². The molecule has 3 atom stereocenters. The van der Waals surface area contributed by atoms with E-state index in [1.54, 1.807) is 0 Å². The highest BCUT2D eigenvalue weighted by molar-refractivity contribution is 9.09. The molecule has 0 spiro atoms. The molecule has 1 saturated carbocycles. The van der Waals surface area contributed by atoms with Gasteiger partial charge in [-0.25, -0.2) is 0 Å². The molecule has 0 saturated heterocycles. The second-order valence-corrected chi connectivity index (χ2v) is 10.1. The van der Waals surface area contributed by atoms with E-state index in [1.807, 2.05) is 0 Å². The molecule has 1 fully saturated rings. The van der Waals surface area contributed by atoms with Gasteiger partial charge in [0.1, 0.15) is 0 Å². The van der Waals surface area contributed by atoms with Crippen LogP contribution >= 0.6 is 15.9 Å². The molecule has 1 aliphatic carbocycles. The Morgan fingerprint density at radius 3 is 1.55 bits per heavy atom. The monoisotopic (exact) mass is 446 g/mol. The van der Waals surface area contributed by atoms with Crippen LogP contribution in [0.1, 0.15) is 50.3 Å². The number of alkyl halides is 1. The molecule has 4 rings (SSSR count). The topological polar surface area (TPSA) is 0 Å². The van der Waals surface area contributed by atoms with Crippen molar-refractivity contribution in [1.82, 2.24) is 0 Å². The van der Waals surface area contributed by atoms with Gasteiger partial charge < -0.3 is 0 Å². The van der Waals surface area contributed by atoms with Crippen molar-refractivity contribution in [3.63, 3.8) is 0 Å². The molecule has 0 bridgehead atoms. The first-order chi connectivity index (χ1) is 14.0. The van der Waals surface area contributed by atoms with E-state index >= 15 is 0 Å². The minimum Gasteiger partial charge on any atom is -0.0874 e. The van der Waals surface area contributed by atoms with Gasteiger partial charge in [-0.3, -0.25) is 0 Å². The van der Waals surface area contributed by atoms with Crippen LogP contribution in [-0.2, 0) is 10.8 Å². The lowest BCUT2D eigenvalue weighted by atomic mass is 9.46. The third kappa shape index (κ3) is 3.19. The second kappa shape index (κ2) is 8.11. The van der Waals surface area contributed by atoms with E-state index in [4.69, 9.17) is 0 Å². The zero-order valence-electron chi connectivity index (χ0n) is 17.7. The molecule has 0 heterocycles. The molecule has 1 heteroatoms. The average molecular weight is 447 g/mol. The summed E-state index contributed by atoms with van der Waals surface area (Å²) in [6.45, 7) is 7.25. The van der Waals surface area contributed by atoms with E-state index in [9.17, 15) is 0 Å². The Morgan fingerprint density at radius 1 is 0.724 bits per heavy atom.